The molecule has 5 rings (SSSR count). The SMILES string of the molecule is CCCOc1ccc(N2C(=O)[C@@H]3[C@H](ON(c4ccccc4)[C@@H]3c3ccc(OCC)cc3)C2=O)cc1. The summed E-state index contributed by atoms with van der Waals surface area (Å²) in [6, 6.07) is 23.7. The van der Waals surface area contributed by atoms with E-state index in [0.29, 0.717) is 24.7 Å². The highest BCUT2D eigenvalue weighted by atomic mass is 16.7. The highest BCUT2D eigenvalue weighted by Crippen LogP contribution is 2.47. The van der Waals surface area contributed by atoms with Gasteiger partial charge in [-0.05, 0) is 67.4 Å². The Kier molecular flexibility index (Phi) is 6.42. The summed E-state index contributed by atoms with van der Waals surface area (Å²) in [5.41, 5.74) is 2.17. The average Bonchev–Trinajstić information content (AvgIpc) is 3.40. The number of hydrogen-bond acceptors (Lipinski definition) is 6. The minimum absolute atomic E-state index is 0.278. The van der Waals surface area contributed by atoms with Gasteiger partial charge in [-0.1, -0.05) is 37.3 Å². The van der Waals surface area contributed by atoms with Crippen molar-refractivity contribution >= 4 is 23.2 Å². The fourth-order valence-corrected chi connectivity index (χ4v) is 4.65. The molecule has 2 heterocycles. The van der Waals surface area contributed by atoms with E-state index >= 15 is 0 Å². The van der Waals surface area contributed by atoms with E-state index in [1.165, 1.54) is 4.90 Å². The van der Waals surface area contributed by atoms with Crippen LogP contribution in [-0.4, -0.2) is 31.1 Å². The molecule has 3 aromatic carbocycles. The summed E-state index contributed by atoms with van der Waals surface area (Å²) in [4.78, 5) is 34.6. The molecule has 0 N–H and O–H groups in total. The van der Waals surface area contributed by atoms with Gasteiger partial charge in [-0.25, -0.2) is 9.96 Å². The zero-order valence-electron chi connectivity index (χ0n) is 19.8. The van der Waals surface area contributed by atoms with Crippen molar-refractivity contribution in [3.05, 3.63) is 84.4 Å². The lowest BCUT2D eigenvalue weighted by molar-refractivity contribution is -0.126. The Labute approximate surface area is 204 Å². The third-order valence-electron chi connectivity index (χ3n) is 6.23. The van der Waals surface area contributed by atoms with Crippen LogP contribution in [0.5, 0.6) is 11.5 Å². The first-order valence-corrected chi connectivity index (χ1v) is 12.0. The normalized spacial score (nSPS) is 21.4. The van der Waals surface area contributed by atoms with E-state index in [2.05, 4.69) is 0 Å². The van der Waals surface area contributed by atoms with Crippen molar-refractivity contribution in [3.63, 3.8) is 0 Å². The van der Waals surface area contributed by atoms with Gasteiger partial charge in [-0.15, -0.1) is 0 Å². The first-order valence-electron chi connectivity index (χ1n) is 12.0. The van der Waals surface area contributed by atoms with E-state index in [4.69, 9.17) is 14.3 Å². The highest BCUT2D eigenvalue weighted by Gasteiger charge is 2.60. The van der Waals surface area contributed by atoms with Crippen LogP contribution in [0.1, 0.15) is 31.9 Å². The Morgan fingerprint density at radius 3 is 2.09 bits per heavy atom. The summed E-state index contributed by atoms with van der Waals surface area (Å²) in [6.45, 7) is 5.14. The van der Waals surface area contributed by atoms with Crippen LogP contribution >= 0.6 is 0 Å². The molecule has 3 atom stereocenters. The van der Waals surface area contributed by atoms with E-state index in [0.717, 1.165) is 23.4 Å². The molecule has 180 valence electrons. The molecule has 0 radical (unpaired) electrons. The summed E-state index contributed by atoms with van der Waals surface area (Å²) >= 11 is 0. The molecule has 2 aliphatic rings. The third kappa shape index (κ3) is 4.23. The van der Waals surface area contributed by atoms with Crippen LogP contribution in [0.25, 0.3) is 0 Å². The molecule has 2 fully saturated rings. The standard InChI is InChI=1S/C28H28N2O5/c1-3-18-34-23-16-12-20(13-17-23)29-27(31)24-25(19-10-14-22(15-11-19)33-4-2)30(35-26(24)28(29)32)21-8-6-5-7-9-21/h5-17,24-26H,3-4,18H2,1-2H3/t24-,25+,26-/m0/s1. The molecule has 35 heavy (non-hydrogen) atoms. The quantitative estimate of drug-likeness (QED) is 0.433. The number of hydroxylamine groups is 1. The number of nitrogens with zero attached hydrogens (tertiary/aromatic N) is 2. The van der Waals surface area contributed by atoms with Gasteiger partial charge in [0.05, 0.1) is 30.6 Å². The molecule has 3 aromatic rings. The van der Waals surface area contributed by atoms with Crippen LogP contribution in [0, 0.1) is 5.92 Å². The van der Waals surface area contributed by atoms with Crippen molar-refractivity contribution < 1.29 is 23.9 Å². The predicted molar refractivity (Wildman–Crippen MR) is 132 cm³/mol. The number of rotatable bonds is 8. The number of fused-ring (bicyclic) bond motifs is 1. The predicted octanol–water partition coefficient (Wildman–Crippen LogP) is 4.93. The maximum atomic E-state index is 13.7. The molecular weight excluding hydrogens is 444 g/mol. The zero-order chi connectivity index (χ0) is 24.4. The maximum Gasteiger partial charge on any atom is 0.266 e. The van der Waals surface area contributed by atoms with Gasteiger partial charge < -0.3 is 9.47 Å². The minimum atomic E-state index is -0.907. The molecule has 2 saturated heterocycles. The van der Waals surface area contributed by atoms with E-state index in [1.54, 1.807) is 29.3 Å². The molecule has 7 nitrogen and oxygen atoms in total. The molecule has 2 amide bonds. The topological polar surface area (TPSA) is 68.3 Å². The van der Waals surface area contributed by atoms with Gasteiger partial charge in [0.15, 0.2) is 6.10 Å². The number of para-hydroxylation sites is 1. The lowest BCUT2D eigenvalue weighted by atomic mass is 9.90. The van der Waals surface area contributed by atoms with E-state index in [1.807, 2.05) is 68.4 Å². The largest absolute Gasteiger partial charge is 0.494 e. The Hall–Kier alpha value is -3.84. The smallest absolute Gasteiger partial charge is 0.266 e. The van der Waals surface area contributed by atoms with Gasteiger partial charge in [0.2, 0.25) is 5.91 Å². The Bertz CT molecular complexity index is 1180. The Morgan fingerprint density at radius 1 is 0.771 bits per heavy atom. The van der Waals surface area contributed by atoms with E-state index in [9.17, 15) is 9.59 Å². The van der Waals surface area contributed by atoms with Crippen molar-refractivity contribution in [2.24, 2.45) is 5.92 Å². The molecule has 0 spiro atoms. The average molecular weight is 473 g/mol. The zero-order valence-corrected chi connectivity index (χ0v) is 19.8. The Morgan fingerprint density at radius 2 is 1.43 bits per heavy atom. The van der Waals surface area contributed by atoms with Crippen LogP contribution < -0.4 is 19.4 Å². The van der Waals surface area contributed by atoms with Gasteiger partial charge in [0.1, 0.15) is 17.4 Å². The van der Waals surface area contributed by atoms with Crippen LogP contribution in [-0.2, 0) is 14.4 Å². The van der Waals surface area contributed by atoms with Crippen molar-refractivity contribution in [3.8, 4) is 11.5 Å². The number of carbonyl (C=O) groups is 2. The van der Waals surface area contributed by atoms with Crippen LogP contribution in [0.4, 0.5) is 11.4 Å². The lowest BCUT2D eigenvalue weighted by Crippen LogP contribution is -2.37. The molecular formula is C28H28N2O5. The molecule has 2 aliphatic heterocycles. The number of hydrogen-bond donors (Lipinski definition) is 0. The van der Waals surface area contributed by atoms with E-state index < -0.39 is 18.1 Å². The lowest BCUT2D eigenvalue weighted by Gasteiger charge is -2.29. The summed E-state index contributed by atoms with van der Waals surface area (Å²) in [5, 5.41) is 1.69. The molecule has 0 bridgehead atoms. The van der Waals surface area contributed by atoms with Crippen molar-refractivity contribution in [2.45, 2.75) is 32.4 Å². The molecule has 0 aromatic heterocycles. The maximum absolute atomic E-state index is 13.7. The van der Waals surface area contributed by atoms with Crippen LogP contribution in [0.2, 0.25) is 0 Å². The van der Waals surface area contributed by atoms with Crippen molar-refractivity contribution in [2.75, 3.05) is 23.2 Å². The van der Waals surface area contributed by atoms with Gasteiger partial charge in [-0.3, -0.25) is 14.4 Å². The summed E-state index contributed by atoms with van der Waals surface area (Å²) in [5.74, 6) is 0.125. The highest BCUT2D eigenvalue weighted by molar-refractivity contribution is 6.23. The van der Waals surface area contributed by atoms with E-state index in [-0.39, 0.29) is 11.8 Å². The van der Waals surface area contributed by atoms with Gasteiger partial charge >= 0.3 is 0 Å². The number of anilines is 2. The van der Waals surface area contributed by atoms with Crippen molar-refractivity contribution in [1.29, 1.82) is 0 Å². The fraction of sp³-hybridized carbons (Fsp3) is 0.286. The number of carbonyl (C=O) groups excluding carboxylic acids is 2. The monoisotopic (exact) mass is 472 g/mol. The summed E-state index contributed by atoms with van der Waals surface area (Å²) < 4.78 is 11.2. The van der Waals surface area contributed by atoms with Crippen molar-refractivity contribution in [1.82, 2.24) is 0 Å². The number of benzene rings is 3. The molecule has 0 unspecified atom stereocenters. The molecule has 7 heteroatoms. The first kappa shape index (κ1) is 22.9. The van der Waals surface area contributed by atoms with Gasteiger partial charge in [0.25, 0.3) is 5.91 Å². The second-order valence-electron chi connectivity index (χ2n) is 8.51. The second kappa shape index (κ2) is 9.80. The number of ether oxygens (including phenoxy) is 2. The second-order valence-corrected chi connectivity index (χ2v) is 8.51. The Balaban J connectivity index is 1.48. The first-order chi connectivity index (χ1) is 17.1. The van der Waals surface area contributed by atoms with Crippen LogP contribution in [0.15, 0.2) is 78.9 Å². The van der Waals surface area contributed by atoms with Gasteiger partial charge in [-0.2, -0.15) is 0 Å². The number of amides is 2. The number of imide groups is 1. The summed E-state index contributed by atoms with van der Waals surface area (Å²) in [6.07, 6.45) is -0.00793. The molecule has 0 aliphatic carbocycles. The van der Waals surface area contributed by atoms with Gasteiger partial charge in [0, 0.05) is 0 Å². The third-order valence-corrected chi connectivity index (χ3v) is 6.23. The molecule has 0 saturated carbocycles. The van der Waals surface area contributed by atoms with Crippen LogP contribution in [0.3, 0.4) is 0 Å². The minimum Gasteiger partial charge on any atom is -0.494 e. The fourth-order valence-electron chi connectivity index (χ4n) is 4.65. The summed E-state index contributed by atoms with van der Waals surface area (Å²) in [7, 11) is 0.